The van der Waals surface area contributed by atoms with Crippen LogP contribution in [0.5, 0.6) is 0 Å². The van der Waals surface area contributed by atoms with Crippen molar-refractivity contribution in [2.24, 2.45) is 0 Å². The maximum atomic E-state index is 13.4. The topological polar surface area (TPSA) is 89.2 Å². The Labute approximate surface area is 168 Å². The summed E-state index contributed by atoms with van der Waals surface area (Å²) >= 11 is 0. The Hall–Kier alpha value is -3.10. The van der Waals surface area contributed by atoms with Gasteiger partial charge in [0.05, 0.1) is 4.90 Å². The van der Waals surface area contributed by atoms with Gasteiger partial charge in [0.1, 0.15) is 11.7 Å². The zero-order chi connectivity index (χ0) is 19.8. The van der Waals surface area contributed by atoms with E-state index in [0.29, 0.717) is 30.4 Å². The quantitative estimate of drug-likeness (QED) is 0.512. The van der Waals surface area contributed by atoms with E-state index >= 15 is 0 Å². The van der Waals surface area contributed by atoms with Gasteiger partial charge in [0.15, 0.2) is 0 Å². The van der Waals surface area contributed by atoms with Crippen LogP contribution in [0.2, 0.25) is 0 Å². The first-order valence-electron chi connectivity index (χ1n) is 9.38. The van der Waals surface area contributed by atoms with Gasteiger partial charge < -0.3 is 4.52 Å². The molecular formula is C21H18N4O3S. The zero-order valence-electron chi connectivity index (χ0n) is 15.5. The van der Waals surface area contributed by atoms with E-state index in [1.54, 1.807) is 30.5 Å². The molecule has 0 bridgehead atoms. The Morgan fingerprint density at radius 3 is 2.66 bits per heavy atom. The molecule has 1 aliphatic heterocycles. The fourth-order valence-electron chi connectivity index (χ4n) is 3.71. The third-order valence-electron chi connectivity index (χ3n) is 5.15. The van der Waals surface area contributed by atoms with E-state index in [9.17, 15) is 8.42 Å². The molecule has 5 rings (SSSR count). The van der Waals surface area contributed by atoms with Crippen LogP contribution in [0.1, 0.15) is 24.8 Å². The number of nitrogens with zero attached hydrogens (tertiary/aromatic N) is 4. The fraction of sp³-hybridized carbons (Fsp3) is 0.190. The average molecular weight is 406 g/mol. The molecule has 0 unspecified atom stereocenters. The van der Waals surface area contributed by atoms with Crippen LogP contribution in [0, 0.1) is 0 Å². The third kappa shape index (κ3) is 3.20. The molecule has 0 radical (unpaired) electrons. The second-order valence-electron chi connectivity index (χ2n) is 6.95. The van der Waals surface area contributed by atoms with E-state index in [-0.39, 0.29) is 4.90 Å². The van der Waals surface area contributed by atoms with Gasteiger partial charge in [-0.1, -0.05) is 41.6 Å². The van der Waals surface area contributed by atoms with E-state index < -0.39 is 16.1 Å². The molecule has 1 saturated heterocycles. The van der Waals surface area contributed by atoms with Crippen molar-refractivity contribution >= 4 is 20.8 Å². The second-order valence-corrected chi connectivity index (χ2v) is 8.84. The SMILES string of the molecule is O=S(=O)(c1ccc2ccccc2c1)N1CCC[C@H]1c1nc(-c2ccccn2)no1. The molecule has 146 valence electrons. The van der Waals surface area contributed by atoms with Gasteiger partial charge in [-0.15, -0.1) is 0 Å². The summed E-state index contributed by atoms with van der Waals surface area (Å²) in [5, 5.41) is 5.88. The molecule has 7 nitrogen and oxygen atoms in total. The normalized spacial score (nSPS) is 17.7. The first-order chi connectivity index (χ1) is 14.1. The minimum Gasteiger partial charge on any atom is -0.337 e. The molecule has 0 amide bonds. The van der Waals surface area contributed by atoms with E-state index in [0.717, 1.165) is 17.2 Å². The van der Waals surface area contributed by atoms with Crippen molar-refractivity contribution in [1.29, 1.82) is 0 Å². The first kappa shape index (κ1) is 18.0. The van der Waals surface area contributed by atoms with Gasteiger partial charge in [0, 0.05) is 12.7 Å². The summed E-state index contributed by atoms with van der Waals surface area (Å²) in [7, 11) is -3.69. The fourth-order valence-corrected chi connectivity index (χ4v) is 5.39. The lowest BCUT2D eigenvalue weighted by Crippen LogP contribution is -2.30. The van der Waals surface area contributed by atoms with Crippen LogP contribution < -0.4 is 0 Å². The summed E-state index contributed by atoms with van der Waals surface area (Å²) in [5.74, 6) is 0.656. The molecule has 3 heterocycles. The van der Waals surface area contributed by atoms with Crippen LogP contribution in [-0.4, -0.2) is 34.4 Å². The van der Waals surface area contributed by atoms with Gasteiger partial charge in [0.2, 0.25) is 21.7 Å². The number of benzene rings is 2. The van der Waals surface area contributed by atoms with E-state index in [2.05, 4.69) is 15.1 Å². The summed E-state index contributed by atoms with van der Waals surface area (Å²) in [5.41, 5.74) is 0.587. The maximum absolute atomic E-state index is 13.4. The predicted molar refractivity (Wildman–Crippen MR) is 107 cm³/mol. The highest BCUT2D eigenvalue weighted by Gasteiger charge is 2.39. The largest absolute Gasteiger partial charge is 0.337 e. The van der Waals surface area contributed by atoms with Crippen LogP contribution in [0.4, 0.5) is 0 Å². The predicted octanol–water partition coefficient (Wildman–Crippen LogP) is 3.81. The van der Waals surface area contributed by atoms with Crippen molar-refractivity contribution < 1.29 is 12.9 Å². The summed E-state index contributed by atoms with van der Waals surface area (Å²) in [4.78, 5) is 8.91. The number of fused-ring (bicyclic) bond motifs is 1. The zero-order valence-corrected chi connectivity index (χ0v) is 16.3. The third-order valence-corrected chi connectivity index (χ3v) is 7.06. The molecule has 0 spiro atoms. The van der Waals surface area contributed by atoms with Crippen LogP contribution in [0.25, 0.3) is 22.3 Å². The number of rotatable bonds is 4. The Morgan fingerprint density at radius 1 is 1.00 bits per heavy atom. The number of hydrogen-bond acceptors (Lipinski definition) is 6. The number of hydrogen-bond donors (Lipinski definition) is 0. The highest BCUT2D eigenvalue weighted by atomic mass is 32.2. The minimum atomic E-state index is -3.69. The molecule has 2 aromatic heterocycles. The molecular weight excluding hydrogens is 388 g/mol. The molecule has 1 atom stereocenters. The van der Waals surface area contributed by atoms with Crippen molar-refractivity contribution in [2.45, 2.75) is 23.8 Å². The number of sulfonamides is 1. The molecule has 0 N–H and O–H groups in total. The standard InChI is InChI=1S/C21H18N4O3S/c26-29(27,17-11-10-15-6-1-2-7-16(15)14-17)25-13-5-9-19(25)21-23-20(24-28-21)18-8-3-4-12-22-18/h1-4,6-8,10-12,14,19H,5,9,13H2/t19-/m0/s1. The summed E-state index contributed by atoms with van der Waals surface area (Å²) in [6.45, 7) is 0.418. The molecule has 0 aliphatic carbocycles. The lowest BCUT2D eigenvalue weighted by atomic mass is 10.1. The summed E-state index contributed by atoms with van der Waals surface area (Å²) in [6.07, 6.45) is 3.02. The smallest absolute Gasteiger partial charge is 0.245 e. The van der Waals surface area contributed by atoms with Crippen LogP contribution in [-0.2, 0) is 10.0 Å². The number of pyridine rings is 1. The second kappa shape index (κ2) is 7.06. The lowest BCUT2D eigenvalue weighted by Gasteiger charge is -2.21. The van der Waals surface area contributed by atoms with Gasteiger partial charge in [-0.25, -0.2) is 8.42 Å². The van der Waals surface area contributed by atoms with Crippen molar-refractivity contribution in [2.75, 3.05) is 6.54 Å². The highest BCUT2D eigenvalue weighted by molar-refractivity contribution is 7.89. The lowest BCUT2D eigenvalue weighted by molar-refractivity contribution is 0.290. The molecule has 1 fully saturated rings. The van der Waals surface area contributed by atoms with Gasteiger partial charge in [-0.3, -0.25) is 4.98 Å². The van der Waals surface area contributed by atoms with Gasteiger partial charge in [-0.2, -0.15) is 9.29 Å². The van der Waals surface area contributed by atoms with Crippen LogP contribution >= 0.6 is 0 Å². The monoisotopic (exact) mass is 406 g/mol. The Balaban J connectivity index is 1.49. The number of aromatic nitrogens is 3. The van der Waals surface area contributed by atoms with Crippen molar-refractivity contribution in [1.82, 2.24) is 19.4 Å². The summed E-state index contributed by atoms with van der Waals surface area (Å²) in [6, 6.07) is 17.9. The van der Waals surface area contributed by atoms with Crippen LogP contribution in [0.3, 0.4) is 0 Å². The Morgan fingerprint density at radius 2 is 1.83 bits per heavy atom. The molecule has 29 heavy (non-hydrogen) atoms. The molecule has 8 heteroatoms. The van der Waals surface area contributed by atoms with Gasteiger partial charge >= 0.3 is 0 Å². The van der Waals surface area contributed by atoms with Gasteiger partial charge in [-0.05, 0) is 47.9 Å². The van der Waals surface area contributed by atoms with Crippen molar-refractivity contribution in [3.8, 4) is 11.5 Å². The summed E-state index contributed by atoms with van der Waals surface area (Å²) < 4.78 is 33.6. The van der Waals surface area contributed by atoms with Crippen LogP contribution in [0.15, 0.2) is 76.3 Å². The van der Waals surface area contributed by atoms with E-state index in [1.165, 1.54) is 4.31 Å². The average Bonchev–Trinajstić information content (AvgIpc) is 3.44. The van der Waals surface area contributed by atoms with Crippen molar-refractivity contribution in [3.63, 3.8) is 0 Å². The minimum absolute atomic E-state index is 0.271. The Kier molecular flexibility index (Phi) is 4.37. The molecule has 0 saturated carbocycles. The van der Waals surface area contributed by atoms with Crippen molar-refractivity contribution in [3.05, 3.63) is 72.8 Å². The molecule has 1 aliphatic rings. The highest BCUT2D eigenvalue weighted by Crippen LogP contribution is 2.36. The Bertz CT molecular complexity index is 1270. The van der Waals surface area contributed by atoms with E-state index in [1.807, 2.05) is 36.4 Å². The first-order valence-corrected chi connectivity index (χ1v) is 10.8. The van der Waals surface area contributed by atoms with E-state index in [4.69, 9.17) is 4.52 Å². The molecule has 4 aromatic rings. The van der Waals surface area contributed by atoms with Gasteiger partial charge in [0.25, 0.3) is 0 Å². The maximum Gasteiger partial charge on any atom is 0.245 e. The molecule has 2 aromatic carbocycles.